The molecule has 0 amide bonds. The predicted molar refractivity (Wildman–Crippen MR) is 105 cm³/mol. The minimum Gasteiger partial charge on any atom is -0.434 e. The van der Waals surface area contributed by atoms with Gasteiger partial charge in [-0.25, -0.2) is 0 Å². The molecule has 0 aliphatic carbocycles. The smallest absolute Gasteiger partial charge is 0.387 e. The van der Waals surface area contributed by atoms with Crippen LogP contribution in [0.25, 0.3) is 11.4 Å². The lowest BCUT2D eigenvalue weighted by molar-refractivity contribution is -0.0500. The van der Waals surface area contributed by atoms with E-state index in [-0.39, 0.29) is 5.75 Å². The van der Waals surface area contributed by atoms with Gasteiger partial charge in [0.15, 0.2) is 5.17 Å². The zero-order valence-corrected chi connectivity index (χ0v) is 15.6. The van der Waals surface area contributed by atoms with Gasteiger partial charge in [-0.15, -0.1) is 5.10 Å². The lowest BCUT2D eigenvalue weighted by Crippen LogP contribution is -2.27. The molecule has 2 aliphatic rings. The molecule has 1 N–H and O–H groups in total. The minimum atomic E-state index is -2.89. The van der Waals surface area contributed by atoms with Crippen molar-refractivity contribution in [1.29, 1.82) is 0 Å². The molecule has 4 rings (SSSR count). The van der Waals surface area contributed by atoms with Crippen molar-refractivity contribution in [2.75, 3.05) is 0 Å². The van der Waals surface area contributed by atoms with E-state index in [1.165, 1.54) is 23.4 Å². The van der Waals surface area contributed by atoms with Crippen LogP contribution in [-0.2, 0) is 0 Å². The van der Waals surface area contributed by atoms with E-state index in [1.807, 2.05) is 16.5 Å². The number of rotatable bonds is 4. The lowest BCUT2D eigenvalue weighted by Gasteiger charge is -2.25. The van der Waals surface area contributed by atoms with Crippen molar-refractivity contribution < 1.29 is 13.5 Å². The summed E-state index contributed by atoms with van der Waals surface area (Å²) < 4.78 is 30.1. The lowest BCUT2D eigenvalue weighted by atomic mass is 10.0. The largest absolute Gasteiger partial charge is 0.434 e. The maximum atomic E-state index is 12.7. The Hall–Kier alpha value is -2.80. The van der Waals surface area contributed by atoms with Crippen molar-refractivity contribution in [1.82, 2.24) is 10.3 Å². The summed E-state index contributed by atoms with van der Waals surface area (Å²) in [6.45, 7) is 1.24. The van der Waals surface area contributed by atoms with Crippen molar-refractivity contribution in [3.63, 3.8) is 0 Å². The summed E-state index contributed by atoms with van der Waals surface area (Å²) in [6.07, 6.45) is 1.86. The molecule has 0 fully saturated rings. The monoisotopic (exact) mass is 385 g/mol. The fourth-order valence-corrected chi connectivity index (χ4v) is 3.93. The predicted octanol–water partition coefficient (Wildman–Crippen LogP) is 5.12. The summed E-state index contributed by atoms with van der Waals surface area (Å²) in [5.74, 6) is 0.105. The number of fused-ring (bicyclic) bond motifs is 1. The number of benzene rings is 2. The Labute approximate surface area is 160 Å². The first-order chi connectivity index (χ1) is 13.0. The maximum absolute atomic E-state index is 12.7. The summed E-state index contributed by atoms with van der Waals surface area (Å²) in [4.78, 5) is 1.97. The van der Waals surface area contributed by atoms with E-state index >= 15 is 0 Å². The molecule has 2 aromatic carbocycles. The third-order valence-corrected chi connectivity index (χ3v) is 5.16. The highest BCUT2D eigenvalue weighted by molar-refractivity contribution is 8.16. The quantitative estimate of drug-likeness (QED) is 0.792. The Balaban J connectivity index is 1.71. The SMILES string of the molecule is Cc1ccc(C2=CSC3=NNC(c4ccccc4OC(F)F)=CN23)c(C)c1. The number of nitrogens with one attached hydrogen (secondary N) is 1. The summed E-state index contributed by atoms with van der Waals surface area (Å²) in [5.41, 5.74) is 8.53. The van der Waals surface area contributed by atoms with Crippen LogP contribution in [0.2, 0.25) is 0 Å². The molecule has 0 atom stereocenters. The van der Waals surface area contributed by atoms with Crippen molar-refractivity contribution >= 4 is 28.3 Å². The molecule has 4 nitrogen and oxygen atoms in total. The van der Waals surface area contributed by atoms with E-state index in [4.69, 9.17) is 0 Å². The number of halogens is 2. The molecule has 2 heterocycles. The number of thioether (sulfide) groups is 1. The van der Waals surface area contributed by atoms with E-state index in [1.54, 1.807) is 18.2 Å². The Morgan fingerprint density at radius 3 is 2.70 bits per heavy atom. The van der Waals surface area contributed by atoms with Crippen molar-refractivity contribution in [3.05, 3.63) is 76.3 Å². The topological polar surface area (TPSA) is 36.9 Å². The summed E-state index contributed by atoms with van der Waals surface area (Å²) in [7, 11) is 0. The number of hydrogen-bond donors (Lipinski definition) is 1. The van der Waals surface area contributed by atoms with Gasteiger partial charge < -0.3 is 4.74 Å². The van der Waals surface area contributed by atoms with E-state index < -0.39 is 6.61 Å². The zero-order valence-electron chi connectivity index (χ0n) is 14.7. The molecule has 27 heavy (non-hydrogen) atoms. The first kappa shape index (κ1) is 17.6. The van der Waals surface area contributed by atoms with E-state index in [0.717, 1.165) is 22.0 Å². The van der Waals surface area contributed by atoms with Gasteiger partial charge in [0.25, 0.3) is 0 Å². The standard InChI is InChI=1S/C20H17F2N3OS/c1-12-7-8-14(13(2)9-12)17-11-27-20-24-23-16(10-25(17)20)15-5-3-4-6-18(15)26-19(21)22/h3-11,19,23H,1-2H3. The van der Waals surface area contributed by atoms with Crippen LogP contribution in [0.5, 0.6) is 5.75 Å². The molecule has 0 radical (unpaired) electrons. The first-order valence-electron chi connectivity index (χ1n) is 8.36. The molecule has 7 heteroatoms. The molecule has 138 valence electrons. The van der Waals surface area contributed by atoms with Gasteiger partial charge in [-0.3, -0.25) is 10.3 Å². The Kier molecular flexibility index (Phi) is 4.61. The van der Waals surface area contributed by atoms with Crippen LogP contribution in [0, 0.1) is 13.8 Å². The van der Waals surface area contributed by atoms with Gasteiger partial charge in [0, 0.05) is 22.7 Å². The molecule has 0 unspecified atom stereocenters. The van der Waals surface area contributed by atoms with Gasteiger partial charge >= 0.3 is 6.61 Å². The van der Waals surface area contributed by atoms with Crippen LogP contribution in [0.3, 0.4) is 0 Å². The van der Waals surface area contributed by atoms with Crippen LogP contribution < -0.4 is 10.2 Å². The zero-order chi connectivity index (χ0) is 19.0. The molecular formula is C20H17F2N3OS. The second kappa shape index (κ2) is 7.08. The van der Waals surface area contributed by atoms with E-state index in [0.29, 0.717) is 11.3 Å². The fourth-order valence-electron chi connectivity index (χ4n) is 3.11. The van der Waals surface area contributed by atoms with Crippen LogP contribution in [-0.4, -0.2) is 16.7 Å². The number of aryl methyl sites for hydroxylation is 2. The van der Waals surface area contributed by atoms with E-state index in [2.05, 4.69) is 47.3 Å². The Bertz CT molecular complexity index is 985. The molecule has 2 aliphatic heterocycles. The van der Waals surface area contributed by atoms with Crippen molar-refractivity contribution in [2.45, 2.75) is 20.5 Å². The van der Waals surface area contributed by atoms with Gasteiger partial charge in [-0.2, -0.15) is 8.78 Å². The number of amidine groups is 1. The number of ether oxygens (including phenoxy) is 1. The maximum Gasteiger partial charge on any atom is 0.387 e. The first-order valence-corrected chi connectivity index (χ1v) is 9.24. The normalized spacial score (nSPS) is 15.7. The molecule has 0 spiro atoms. The van der Waals surface area contributed by atoms with Crippen LogP contribution in [0.4, 0.5) is 8.78 Å². The third-order valence-electron chi connectivity index (χ3n) is 4.32. The van der Waals surface area contributed by atoms with Crippen molar-refractivity contribution in [3.8, 4) is 5.75 Å². The van der Waals surface area contributed by atoms with E-state index in [9.17, 15) is 8.78 Å². The minimum absolute atomic E-state index is 0.105. The number of alkyl halides is 2. The molecular weight excluding hydrogens is 368 g/mol. The summed E-state index contributed by atoms with van der Waals surface area (Å²) in [6, 6.07) is 13.0. The van der Waals surface area contributed by atoms with Gasteiger partial charge in [0.2, 0.25) is 0 Å². The highest BCUT2D eigenvalue weighted by Gasteiger charge is 2.28. The number of hydrazone groups is 1. The summed E-state index contributed by atoms with van der Waals surface area (Å²) in [5, 5.41) is 7.20. The Morgan fingerprint density at radius 1 is 1.11 bits per heavy atom. The number of hydrogen-bond acceptors (Lipinski definition) is 5. The fraction of sp³-hybridized carbons (Fsp3) is 0.150. The number of para-hydroxylation sites is 1. The molecule has 0 bridgehead atoms. The third kappa shape index (κ3) is 3.42. The van der Waals surface area contributed by atoms with Crippen LogP contribution in [0.15, 0.2) is 59.2 Å². The molecule has 0 saturated carbocycles. The molecule has 2 aromatic rings. The average molecular weight is 385 g/mol. The summed E-state index contributed by atoms with van der Waals surface area (Å²) >= 11 is 1.51. The van der Waals surface area contributed by atoms with Gasteiger partial charge in [-0.1, -0.05) is 47.7 Å². The van der Waals surface area contributed by atoms with Crippen LogP contribution in [0.1, 0.15) is 22.3 Å². The second-order valence-electron chi connectivity index (χ2n) is 6.23. The average Bonchev–Trinajstić information content (AvgIpc) is 3.05. The highest BCUT2D eigenvalue weighted by atomic mass is 32.2. The van der Waals surface area contributed by atoms with Crippen molar-refractivity contribution in [2.24, 2.45) is 5.10 Å². The highest BCUT2D eigenvalue weighted by Crippen LogP contribution is 2.38. The molecule has 0 saturated heterocycles. The second-order valence-corrected chi connectivity index (χ2v) is 7.07. The Morgan fingerprint density at radius 2 is 1.93 bits per heavy atom. The van der Waals surface area contributed by atoms with Crippen LogP contribution >= 0.6 is 11.8 Å². The van der Waals surface area contributed by atoms with Gasteiger partial charge in [0.05, 0.1) is 11.4 Å². The number of nitrogens with zero attached hydrogens (tertiary/aromatic N) is 2. The molecule has 0 aromatic heterocycles. The van der Waals surface area contributed by atoms with Gasteiger partial charge in [-0.05, 0) is 31.5 Å². The van der Waals surface area contributed by atoms with Gasteiger partial charge in [0.1, 0.15) is 5.75 Å².